The Labute approximate surface area is 157 Å². The van der Waals surface area contributed by atoms with E-state index < -0.39 is 15.8 Å². The second kappa shape index (κ2) is 6.76. The minimum absolute atomic E-state index is 0.0165. The van der Waals surface area contributed by atoms with E-state index >= 15 is 0 Å². The topological polar surface area (TPSA) is 120 Å². The molecule has 0 amide bonds. The molecule has 0 spiro atoms. The first-order valence-electron chi connectivity index (χ1n) is 7.87. The summed E-state index contributed by atoms with van der Waals surface area (Å²) in [4.78, 5) is 17.1. The van der Waals surface area contributed by atoms with Crippen molar-refractivity contribution in [2.75, 3.05) is 0 Å². The molecular formula is C16H14N4O5S2. The van der Waals surface area contributed by atoms with Crippen LogP contribution in [0.1, 0.15) is 16.6 Å². The van der Waals surface area contributed by atoms with Gasteiger partial charge in [0.1, 0.15) is 0 Å². The Morgan fingerprint density at radius 1 is 1.30 bits per heavy atom. The lowest BCUT2D eigenvalue weighted by molar-refractivity contribution is 0.385. The molecule has 3 heterocycles. The standard InChI is InChI=1S/C16H14N4O5S2/c1-10-18-15(19-25-10)9-20-13-5-4-12(7-14(13)24-16(20)21)27(22,23)17-8-11-3-2-6-26-11/h2-7,17H,8-9H2,1H3. The molecule has 0 saturated carbocycles. The second-order valence-corrected chi connectivity index (χ2v) is 8.52. The molecule has 1 aromatic carbocycles. The van der Waals surface area contributed by atoms with Crippen LogP contribution in [-0.2, 0) is 23.1 Å². The third-order valence-electron chi connectivity index (χ3n) is 3.84. The summed E-state index contributed by atoms with van der Waals surface area (Å²) in [6, 6.07) is 7.96. The van der Waals surface area contributed by atoms with E-state index in [1.54, 1.807) is 6.92 Å². The van der Waals surface area contributed by atoms with E-state index in [0.29, 0.717) is 17.2 Å². The van der Waals surface area contributed by atoms with Gasteiger partial charge in [-0.1, -0.05) is 11.2 Å². The molecule has 0 saturated heterocycles. The first-order valence-corrected chi connectivity index (χ1v) is 10.2. The molecule has 27 heavy (non-hydrogen) atoms. The highest BCUT2D eigenvalue weighted by Gasteiger charge is 2.18. The molecule has 0 aliphatic heterocycles. The van der Waals surface area contributed by atoms with E-state index in [1.807, 2.05) is 17.5 Å². The summed E-state index contributed by atoms with van der Waals surface area (Å²) in [6.07, 6.45) is 0. The van der Waals surface area contributed by atoms with Crippen LogP contribution in [0.15, 0.2) is 54.3 Å². The molecule has 0 unspecified atom stereocenters. The number of nitrogens with zero attached hydrogens (tertiary/aromatic N) is 3. The van der Waals surface area contributed by atoms with Gasteiger partial charge in [-0.2, -0.15) is 4.98 Å². The third kappa shape index (κ3) is 3.56. The van der Waals surface area contributed by atoms with Gasteiger partial charge in [0, 0.05) is 24.4 Å². The van der Waals surface area contributed by atoms with Gasteiger partial charge in [0.25, 0.3) is 0 Å². The summed E-state index contributed by atoms with van der Waals surface area (Å²) >= 11 is 1.46. The molecular weight excluding hydrogens is 392 g/mol. The first-order chi connectivity index (χ1) is 12.9. The van der Waals surface area contributed by atoms with Crippen LogP contribution >= 0.6 is 11.3 Å². The normalized spacial score (nSPS) is 12.0. The molecule has 9 nitrogen and oxygen atoms in total. The van der Waals surface area contributed by atoms with Gasteiger partial charge in [0.05, 0.1) is 17.0 Å². The molecule has 0 aliphatic rings. The van der Waals surface area contributed by atoms with Gasteiger partial charge in [-0.15, -0.1) is 11.3 Å². The largest absolute Gasteiger partial charge is 0.420 e. The van der Waals surface area contributed by atoms with Crippen LogP contribution in [0.2, 0.25) is 0 Å². The van der Waals surface area contributed by atoms with Gasteiger partial charge in [0.15, 0.2) is 11.4 Å². The predicted molar refractivity (Wildman–Crippen MR) is 97.0 cm³/mol. The SMILES string of the molecule is Cc1nc(Cn2c(=O)oc3cc(S(=O)(=O)NCc4cccs4)ccc32)no1. The van der Waals surface area contributed by atoms with Crippen molar-refractivity contribution in [2.24, 2.45) is 0 Å². The van der Waals surface area contributed by atoms with Crippen molar-refractivity contribution < 1.29 is 17.4 Å². The lowest BCUT2D eigenvalue weighted by Crippen LogP contribution is -2.22. The molecule has 140 valence electrons. The average molecular weight is 406 g/mol. The van der Waals surface area contributed by atoms with E-state index in [2.05, 4.69) is 14.9 Å². The van der Waals surface area contributed by atoms with Crippen molar-refractivity contribution in [3.8, 4) is 0 Å². The minimum atomic E-state index is -3.74. The minimum Gasteiger partial charge on any atom is -0.408 e. The first kappa shape index (κ1) is 17.6. The zero-order valence-corrected chi connectivity index (χ0v) is 15.7. The summed E-state index contributed by atoms with van der Waals surface area (Å²) in [5, 5.41) is 5.62. The van der Waals surface area contributed by atoms with Crippen molar-refractivity contribution in [3.05, 3.63) is 62.9 Å². The summed E-state index contributed by atoms with van der Waals surface area (Å²) in [5.74, 6) is 0.0798. The van der Waals surface area contributed by atoms with E-state index in [4.69, 9.17) is 8.94 Å². The van der Waals surface area contributed by atoms with Gasteiger partial charge < -0.3 is 8.94 Å². The summed E-state index contributed by atoms with van der Waals surface area (Å²) in [6.45, 7) is 1.90. The second-order valence-electron chi connectivity index (χ2n) is 5.72. The van der Waals surface area contributed by atoms with Crippen molar-refractivity contribution >= 4 is 32.5 Å². The fourth-order valence-corrected chi connectivity index (χ4v) is 4.33. The molecule has 0 aliphatic carbocycles. The molecule has 3 aromatic heterocycles. The molecule has 4 rings (SSSR count). The monoisotopic (exact) mass is 406 g/mol. The zero-order valence-electron chi connectivity index (χ0n) is 14.1. The Kier molecular flexibility index (Phi) is 4.42. The number of rotatable bonds is 6. The number of nitrogens with one attached hydrogen (secondary N) is 1. The van der Waals surface area contributed by atoms with Crippen molar-refractivity contribution in [3.63, 3.8) is 0 Å². The number of oxazole rings is 1. The van der Waals surface area contributed by atoms with Crippen LogP contribution in [0, 0.1) is 6.92 Å². The summed E-state index contributed by atoms with van der Waals surface area (Å²) < 4.78 is 38.9. The Bertz CT molecular complexity index is 1250. The zero-order chi connectivity index (χ0) is 19.0. The van der Waals surface area contributed by atoms with E-state index in [9.17, 15) is 13.2 Å². The van der Waals surface area contributed by atoms with E-state index in [-0.39, 0.29) is 23.6 Å². The number of aromatic nitrogens is 3. The highest BCUT2D eigenvalue weighted by molar-refractivity contribution is 7.89. The number of thiophene rings is 1. The molecule has 0 fully saturated rings. The maximum atomic E-state index is 12.5. The quantitative estimate of drug-likeness (QED) is 0.519. The van der Waals surface area contributed by atoms with Gasteiger partial charge in [-0.05, 0) is 23.6 Å². The van der Waals surface area contributed by atoms with Crippen LogP contribution in [0.25, 0.3) is 11.1 Å². The van der Waals surface area contributed by atoms with E-state index in [1.165, 1.54) is 34.1 Å². The maximum absolute atomic E-state index is 12.5. The average Bonchev–Trinajstić information content (AvgIpc) is 3.35. The maximum Gasteiger partial charge on any atom is 0.420 e. The summed E-state index contributed by atoms with van der Waals surface area (Å²) in [7, 11) is -3.74. The van der Waals surface area contributed by atoms with Gasteiger partial charge in [0.2, 0.25) is 15.9 Å². The van der Waals surface area contributed by atoms with Gasteiger partial charge >= 0.3 is 5.76 Å². The fourth-order valence-electron chi connectivity index (χ4n) is 2.57. The highest BCUT2D eigenvalue weighted by Crippen LogP contribution is 2.20. The Morgan fingerprint density at radius 2 is 2.15 bits per heavy atom. The van der Waals surface area contributed by atoms with Gasteiger partial charge in [-0.25, -0.2) is 17.9 Å². The fraction of sp³-hybridized carbons (Fsp3) is 0.188. The Balaban J connectivity index is 1.63. The van der Waals surface area contributed by atoms with Crippen molar-refractivity contribution in [1.29, 1.82) is 0 Å². The molecule has 0 bridgehead atoms. The molecule has 4 aromatic rings. The predicted octanol–water partition coefficient (Wildman–Crippen LogP) is 1.87. The Morgan fingerprint density at radius 3 is 2.85 bits per heavy atom. The lowest BCUT2D eigenvalue weighted by atomic mass is 10.3. The van der Waals surface area contributed by atoms with Crippen molar-refractivity contribution in [1.82, 2.24) is 19.4 Å². The number of aryl methyl sites for hydroxylation is 1. The number of fused-ring (bicyclic) bond motifs is 1. The van der Waals surface area contributed by atoms with Crippen LogP contribution < -0.4 is 10.5 Å². The van der Waals surface area contributed by atoms with Crippen molar-refractivity contribution in [2.45, 2.75) is 24.9 Å². The van der Waals surface area contributed by atoms with Crippen LogP contribution in [0.5, 0.6) is 0 Å². The highest BCUT2D eigenvalue weighted by atomic mass is 32.2. The van der Waals surface area contributed by atoms with Crippen LogP contribution in [0.3, 0.4) is 0 Å². The molecule has 1 N–H and O–H groups in total. The lowest BCUT2D eigenvalue weighted by Gasteiger charge is -2.05. The number of benzene rings is 1. The summed E-state index contributed by atoms with van der Waals surface area (Å²) in [5.41, 5.74) is 0.610. The molecule has 0 atom stereocenters. The third-order valence-corrected chi connectivity index (χ3v) is 6.11. The van der Waals surface area contributed by atoms with Crippen LogP contribution in [-0.4, -0.2) is 23.1 Å². The number of sulfonamides is 1. The number of hydrogen-bond acceptors (Lipinski definition) is 8. The van der Waals surface area contributed by atoms with Crippen LogP contribution in [0.4, 0.5) is 0 Å². The Hall–Kier alpha value is -2.76. The smallest absolute Gasteiger partial charge is 0.408 e. The number of hydrogen-bond donors (Lipinski definition) is 1. The molecule has 0 radical (unpaired) electrons. The van der Waals surface area contributed by atoms with E-state index in [0.717, 1.165) is 4.88 Å². The van der Waals surface area contributed by atoms with Gasteiger partial charge in [-0.3, -0.25) is 4.57 Å². The molecule has 11 heteroatoms.